The molecule has 0 aliphatic heterocycles. The molecule has 2 atom stereocenters. The van der Waals surface area contributed by atoms with Crippen LogP contribution in [0.15, 0.2) is 0 Å². The lowest BCUT2D eigenvalue weighted by Crippen LogP contribution is -2.43. The van der Waals surface area contributed by atoms with Crippen molar-refractivity contribution in [2.24, 2.45) is 17.6 Å². The molecule has 17 heavy (non-hydrogen) atoms. The zero-order valence-corrected chi connectivity index (χ0v) is 11.9. The number of nitrogens with two attached hydrogens (primary N) is 1. The molecule has 0 rings (SSSR count). The van der Waals surface area contributed by atoms with E-state index in [4.69, 9.17) is 5.73 Å². The Morgan fingerprint density at radius 3 is 2.24 bits per heavy atom. The van der Waals surface area contributed by atoms with Crippen molar-refractivity contribution in [2.45, 2.75) is 33.2 Å². The molecule has 3 N–H and O–H groups in total. The van der Waals surface area contributed by atoms with Gasteiger partial charge in [-0.1, -0.05) is 20.8 Å². The number of sulfone groups is 1. The van der Waals surface area contributed by atoms with E-state index in [1.807, 2.05) is 6.92 Å². The predicted octanol–water partition coefficient (Wildman–Crippen LogP) is 0.157. The number of hydrogen-bond donors (Lipinski definition) is 2. The van der Waals surface area contributed by atoms with Crippen molar-refractivity contribution in [3.63, 3.8) is 0 Å². The summed E-state index contributed by atoms with van der Waals surface area (Å²) in [5.41, 5.74) is 5.61. The van der Waals surface area contributed by atoms with Crippen LogP contribution in [0, 0.1) is 11.8 Å². The summed E-state index contributed by atoms with van der Waals surface area (Å²) in [6.45, 7) is 6.79. The van der Waals surface area contributed by atoms with Crippen molar-refractivity contribution in [3.8, 4) is 0 Å². The van der Waals surface area contributed by atoms with Gasteiger partial charge in [0.15, 0.2) is 0 Å². The van der Waals surface area contributed by atoms with E-state index >= 15 is 0 Å². The van der Waals surface area contributed by atoms with E-state index < -0.39 is 15.9 Å². The van der Waals surface area contributed by atoms with Gasteiger partial charge in [-0.15, -0.1) is 0 Å². The Morgan fingerprint density at radius 2 is 1.82 bits per heavy atom. The first-order valence-corrected chi connectivity index (χ1v) is 7.90. The molecule has 5 nitrogen and oxygen atoms in total. The van der Waals surface area contributed by atoms with Crippen molar-refractivity contribution in [3.05, 3.63) is 0 Å². The van der Waals surface area contributed by atoms with Crippen molar-refractivity contribution in [1.82, 2.24) is 5.32 Å². The second-order valence-electron chi connectivity index (χ2n) is 4.99. The number of nitrogens with one attached hydrogen (secondary N) is 1. The van der Waals surface area contributed by atoms with Crippen LogP contribution in [0.25, 0.3) is 0 Å². The van der Waals surface area contributed by atoms with Gasteiger partial charge < -0.3 is 11.1 Å². The van der Waals surface area contributed by atoms with Gasteiger partial charge in [0.2, 0.25) is 5.91 Å². The Balaban J connectivity index is 3.98. The van der Waals surface area contributed by atoms with Gasteiger partial charge in [-0.05, 0) is 18.3 Å². The van der Waals surface area contributed by atoms with Gasteiger partial charge in [0, 0.05) is 12.8 Å². The van der Waals surface area contributed by atoms with Crippen molar-refractivity contribution in [1.29, 1.82) is 0 Å². The van der Waals surface area contributed by atoms with Gasteiger partial charge in [0.25, 0.3) is 0 Å². The van der Waals surface area contributed by atoms with E-state index in [0.29, 0.717) is 18.4 Å². The summed E-state index contributed by atoms with van der Waals surface area (Å²) in [5.74, 6) is 0.533. The molecule has 1 amide bonds. The number of carbonyl (C=O) groups excluding carboxylic acids is 1. The largest absolute Gasteiger partial charge is 0.354 e. The van der Waals surface area contributed by atoms with Gasteiger partial charge in [-0.25, -0.2) is 8.42 Å². The minimum absolute atomic E-state index is 0.0542. The molecule has 0 aliphatic carbocycles. The molecule has 102 valence electrons. The van der Waals surface area contributed by atoms with Crippen LogP contribution in [-0.2, 0) is 14.6 Å². The predicted molar refractivity (Wildman–Crippen MR) is 69.3 cm³/mol. The summed E-state index contributed by atoms with van der Waals surface area (Å²) in [7, 11) is -3.06. The lowest BCUT2D eigenvalue weighted by atomic mass is 9.98. The molecule has 0 heterocycles. The summed E-state index contributed by atoms with van der Waals surface area (Å²) >= 11 is 0. The van der Waals surface area contributed by atoms with Crippen molar-refractivity contribution < 1.29 is 13.2 Å². The summed E-state index contributed by atoms with van der Waals surface area (Å²) in [6, 6.07) is -0.746. The Morgan fingerprint density at radius 1 is 1.29 bits per heavy atom. The Bertz CT molecular complexity index is 339. The van der Waals surface area contributed by atoms with Gasteiger partial charge >= 0.3 is 0 Å². The third-order valence-corrected chi connectivity index (χ3v) is 3.85. The summed E-state index contributed by atoms with van der Waals surface area (Å²) < 4.78 is 21.9. The van der Waals surface area contributed by atoms with Crippen LogP contribution >= 0.6 is 0 Å². The fraction of sp³-hybridized carbons (Fsp3) is 0.909. The molecular weight excluding hydrogens is 240 g/mol. The standard InChI is InChI=1S/C11H24N2O3S/c1-8(2)9(3)7-13-11(14)10(12)5-6-17(4,15)16/h8-10H,5-7,12H2,1-4H3,(H,13,14). The molecule has 0 radical (unpaired) electrons. The van der Waals surface area contributed by atoms with Crippen LogP contribution < -0.4 is 11.1 Å². The van der Waals surface area contributed by atoms with Crippen LogP contribution in [0.1, 0.15) is 27.2 Å². The minimum Gasteiger partial charge on any atom is -0.354 e. The quantitative estimate of drug-likeness (QED) is 0.685. The molecular formula is C11H24N2O3S. The second-order valence-corrected chi connectivity index (χ2v) is 7.25. The average Bonchev–Trinajstić information content (AvgIpc) is 2.20. The van der Waals surface area contributed by atoms with Crippen LogP contribution in [0.5, 0.6) is 0 Å². The van der Waals surface area contributed by atoms with E-state index in [2.05, 4.69) is 19.2 Å². The molecule has 0 saturated heterocycles. The number of carbonyl (C=O) groups is 1. The Kier molecular flexibility index (Phi) is 6.70. The fourth-order valence-electron chi connectivity index (χ4n) is 1.10. The van der Waals surface area contributed by atoms with Crippen LogP contribution in [-0.4, -0.2) is 38.9 Å². The molecule has 0 aromatic carbocycles. The van der Waals surface area contributed by atoms with E-state index in [9.17, 15) is 13.2 Å². The molecule has 0 fully saturated rings. The molecule has 0 aromatic heterocycles. The topological polar surface area (TPSA) is 89.3 Å². The lowest BCUT2D eigenvalue weighted by molar-refractivity contribution is -0.122. The molecule has 0 bridgehead atoms. The van der Waals surface area contributed by atoms with Crippen LogP contribution in [0.3, 0.4) is 0 Å². The maximum atomic E-state index is 11.6. The zero-order chi connectivity index (χ0) is 13.6. The highest BCUT2D eigenvalue weighted by Gasteiger charge is 2.17. The average molecular weight is 264 g/mol. The maximum absolute atomic E-state index is 11.6. The highest BCUT2D eigenvalue weighted by molar-refractivity contribution is 7.90. The van der Waals surface area contributed by atoms with Crippen molar-refractivity contribution >= 4 is 15.7 Å². The Labute approximate surface area is 104 Å². The van der Waals surface area contributed by atoms with E-state index in [1.54, 1.807) is 0 Å². The van der Waals surface area contributed by atoms with Crippen molar-refractivity contribution in [2.75, 3.05) is 18.6 Å². The van der Waals surface area contributed by atoms with Gasteiger partial charge in [0.1, 0.15) is 9.84 Å². The van der Waals surface area contributed by atoms with Gasteiger partial charge in [-0.2, -0.15) is 0 Å². The lowest BCUT2D eigenvalue weighted by Gasteiger charge is -2.18. The number of hydrogen-bond acceptors (Lipinski definition) is 4. The summed E-state index contributed by atoms with van der Waals surface area (Å²) in [5, 5.41) is 2.74. The third-order valence-electron chi connectivity index (χ3n) is 2.87. The maximum Gasteiger partial charge on any atom is 0.236 e. The van der Waals surface area contributed by atoms with E-state index in [1.165, 1.54) is 0 Å². The molecule has 0 aromatic rings. The van der Waals surface area contributed by atoms with Gasteiger partial charge in [-0.3, -0.25) is 4.79 Å². The molecule has 2 unspecified atom stereocenters. The number of rotatable bonds is 7. The number of amides is 1. The first-order chi connectivity index (χ1) is 7.63. The molecule has 6 heteroatoms. The first kappa shape index (κ1) is 16.4. The molecule has 0 aliphatic rings. The van der Waals surface area contributed by atoms with Crippen LogP contribution in [0.4, 0.5) is 0 Å². The molecule has 0 saturated carbocycles. The monoisotopic (exact) mass is 264 g/mol. The van der Waals surface area contributed by atoms with E-state index in [0.717, 1.165) is 6.26 Å². The summed E-state index contributed by atoms with van der Waals surface area (Å²) in [4.78, 5) is 11.6. The van der Waals surface area contributed by atoms with Crippen LogP contribution in [0.2, 0.25) is 0 Å². The smallest absolute Gasteiger partial charge is 0.236 e. The second kappa shape index (κ2) is 6.96. The normalized spacial score (nSPS) is 15.6. The minimum atomic E-state index is -3.06. The first-order valence-electron chi connectivity index (χ1n) is 5.84. The molecule has 0 spiro atoms. The highest BCUT2D eigenvalue weighted by Crippen LogP contribution is 2.07. The summed E-state index contributed by atoms with van der Waals surface area (Å²) in [6.07, 6.45) is 1.30. The SMILES string of the molecule is CC(C)C(C)CNC(=O)C(N)CCS(C)(=O)=O. The highest BCUT2D eigenvalue weighted by atomic mass is 32.2. The zero-order valence-electron chi connectivity index (χ0n) is 11.1. The fourth-order valence-corrected chi connectivity index (χ4v) is 1.78. The third kappa shape index (κ3) is 8.15. The van der Waals surface area contributed by atoms with Gasteiger partial charge in [0.05, 0.1) is 11.8 Å². The van der Waals surface area contributed by atoms with E-state index in [-0.39, 0.29) is 18.1 Å². The Hall–Kier alpha value is -0.620.